The van der Waals surface area contributed by atoms with Crippen molar-refractivity contribution >= 4 is 43.6 Å². The lowest BCUT2D eigenvalue weighted by Crippen LogP contribution is -2.14. The van der Waals surface area contributed by atoms with Gasteiger partial charge in [0.15, 0.2) is 0 Å². The average Bonchev–Trinajstić information content (AvgIpc) is 2.36. The SMILES string of the molecule is Cc1cc(NC(=O)c2cc(F)ccc2Br)ncc1Br. The summed E-state index contributed by atoms with van der Waals surface area (Å²) >= 11 is 6.54. The minimum absolute atomic E-state index is 0.224. The fourth-order valence-corrected chi connectivity index (χ4v) is 2.11. The molecule has 6 heteroatoms. The molecule has 0 atom stereocenters. The molecule has 0 fully saturated rings. The number of hydrogen-bond donors (Lipinski definition) is 1. The summed E-state index contributed by atoms with van der Waals surface area (Å²) in [4.78, 5) is 16.1. The molecule has 0 unspecified atom stereocenters. The number of carbonyl (C=O) groups excluding carboxylic acids is 1. The van der Waals surface area contributed by atoms with Crippen LogP contribution in [0.1, 0.15) is 15.9 Å². The van der Waals surface area contributed by atoms with Crippen molar-refractivity contribution in [2.45, 2.75) is 6.92 Å². The largest absolute Gasteiger partial charge is 0.307 e. The molecule has 0 aliphatic rings. The number of carbonyl (C=O) groups is 1. The second kappa shape index (κ2) is 5.79. The Morgan fingerprint density at radius 3 is 2.68 bits per heavy atom. The van der Waals surface area contributed by atoms with Crippen molar-refractivity contribution in [1.82, 2.24) is 4.98 Å². The van der Waals surface area contributed by atoms with Crippen LogP contribution in [0.25, 0.3) is 0 Å². The predicted molar refractivity (Wildman–Crippen MR) is 78.7 cm³/mol. The van der Waals surface area contributed by atoms with Gasteiger partial charge in [-0.1, -0.05) is 0 Å². The smallest absolute Gasteiger partial charge is 0.258 e. The van der Waals surface area contributed by atoms with Gasteiger partial charge in [0.2, 0.25) is 0 Å². The molecular weight excluding hydrogens is 379 g/mol. The molecule has 1 heterocycles. The first-order valence-corrected chi connectivity index (χ1v) is 6.94. The second-order valence-electron chi connectivity index (χ2n) is 3.90. The van der Waals surface area contributed by atoms with E-state index < -0.39 is 11.7 Å². The van der Waals surface area contributed by atoms with E-state index in [1.165, 1.54) is 18.2 Å². The molecule has 0 spiro atoms. The molecule has 1 aromatic heterocycles. The first-order chi connectivity index (χ1) is 8.97. The Hall–Kier alpha value is -1.27. The van der Waals surface area contributed by atoms with Crippen LogP contribution in [0.2, 0.25) is 0 Å². The van der Waals surface area contributed by atoms with Crippen LogP contribution in [0.4, 0.5) is 10.2 Å². The molecule has 1 aromatic carbocycles. The van der Waals surface area contributed by atoms with Crippen molar-refractivity contribution in [3.63, 3.8) is 0 Å². The minimum atomic E-state index is -0.465. The molecule has 2 aromatic rings. The predicted octanol–water partition coefficient (Wildman–Crippen LogP) is 4.31. The van der Waals surface area contributed by atoms with Crippen molar-refractivity contribution in [2.75, 3.05) is 5.32 Å². The first kappa shape index (κ1) is 14.1. The van der Waals surface area contributed by atoms with Crippen LogP contribution in [0, 0.1) is 12.7 Å². The Morgan fingerprint density at radius 2 is 2.00 bits per heavy atom. The Morgan fingerprint density at radius 1 is 1.26 bits per heavy atom. The highest BCUT2D eigenvalue weighted by Crippen LogP contribution is 2.21. The van der Waals surface area contributed by atoms with Crippen LogP contribution in [0.3, 0.4) is 0 Å². The maximum absolute atomic E-state index is 13.1. The van der Waals surface area contributed by atoms with Crippen LogP contribution in [0.15, 0.2) is 39.4 Å². The lowest BCUT2D eigenvalue weighted by molar-refractivity contribution is 0.102. The minimum Gasteiger partial charge on any atom is -0.307 e. The summed E-state index contributed by atoms with van der Waals surface area (Å²) in [7, 11) is 0. The van der Waals surface area contributed by atoms with Gasteiger partial charge >= 0.3 is 0 Å². The van der Waals surface area contributed by atoms with Gasteiger partial charge in [-0.2, -0.15) is 0 Å². The molecule has 0 radical (unpaired) electrons. The lowest BCUT2D eigenvalue weighted by atomic mass is 10.2. The fraction of sp³-hybridized carbons (Fsp3) is 0.0769. The summed E-state index contributed by atoms with van der Waals surface area (Å²) in [6, 6.07) is 5.67. The van der Waals surface area contributed by atoms with Crippen molar-refractivity contribution < 1.29 is 9.18 Å². The Labute approximate surface area is 126 Å². The number of rotatable bonds is 2. The zero-order valence-electron chi connectivity index (χ0n) is 9.88. The second-order valence-corrected chi connectivity index (χ2v) is 5.61. The van der Waals surface area contributed by atoms with E-state index in [0.717, 1.165) is 10.0 Å². The number of nitrogens with one attached hydrogen (secondary N) is 1. The number of halogens is 3. The third-order valence-electron chi connectivity index (χ3n) is 2.46. The quantitative estimate of drug-likeness (QED) is 0.834. The van der Waals surface area contributed by atoms with Gasteiger partial charge in [0, 0.05) is 15.1 Å². The number of pyridine rings is 1. The van der Waals surface area contributed by atoms with E-state index >= 15 is 0 Å². The van der Waals surface area contributed by atoms with Gasteiger partial charge < -0.3 is 5.32 Å². The van der Waals surface area contributed by atoms with E-state index in [2.05, 4.69) is 42.2 Å². The summed E-state index contributed by atoms with van der Waals surface area (Å²) in [6.07, 6.45) is 1.60. The average molecular weight is 388 g/mol. The number of hydrogen-bond acceptors (Lipinski definition) is 2. The van der Waals surface area contributed by atoms with Gasteiger partial charge in [-0.15, -0.1) is 0 Å². The molecule has 1 amide bonds. The molecule has 0 saturated carbocycles. The summed E-state index contributed by atoms with van der Waals surface area (Å²) < 4.78 is 14.5. The zero-order valence-corrected chi connectivity index (χ0v) is 13.0. The third kappa shape index (κ3) is 3.39. The van der Waals surface area contributed by atoms with Crippen LogP contribution in [-0.2, 0) is 0 Å². The molecule has 19 heavy (non-hydrogen) atoms. The Bertz CT molecular complexity index is 647. The van der Waals surface area contributed by atoms with Gasteiger partial charge in [-0.25, -0.2) is 9.37 Å². The monoisotopic (exact) mass is 386 g/mol. The van der Waals surface area contributed by atoms with E-state index in [1.54, 1.807) is 12.3 Å². The van der Waals surface area contributed by atoms with Crippen molar-refractivity contribution in [1.29, 1.82) is 0 Å². The highest BCUT2D eigenvalue weighted by molar-refractivity contribution is 9.10. The van der Waals surface area contributed by atoms with Gasteiger partial charge in [-0.05, 0) is 68.6 Å². The lowest BCUT2D eigenvalue weighted by Gasteiger charge is -2.07. The van der Waals surface area contributed by atoms with Crippen LogP contribution in [-0.4, -0.2) is 10.9 Å². The first-order valence-electron chi connectivity index (χ1n) is 5.36. The van der Waals surface area contributed by atoms with E-state index in [1.807, 2.05) is 6.92 Å². The number of benzene rings is 1. The fourth-order valence-electron chi connectivity index (χ4n) is 1.46. The molecule has 98 valence electrons. The molecule has 0 bridgehead atoms. The number of anilines is 1. The van der Waals surface area contributed by atoms with Crippen LogP contribution in [0.5, 0.6) is 0 Å². The molecule has 3 nitrogen and oxygen atoms in total. The van der Waals surface area contributed by atoms with E-state index in [-0.39, 0.29) is 5.56 Å². The number of aromatic nitrogens is 1. The summed E-state index contributed by atoms with van der Waals surface area (Å²) in [5, 5.41) is 2.63. The molecule has 0 aliphatic heterocycles. The van der Waals surface area contributed by atoms with Crippen LogP contribution >= 0.6 is 31.9 Å². The normalized spacial score (nSPS) is 10.3. The van der Waals surface area contributed by atoms with E-state index in [0.29, 0.717) is 10.3 Å². The number of aryl methyl sites for hydroxylation is 1. The summed E-state index contributed by atoms with van der Waals surface area (Å²) in [6.45, 7) is 1.89. The van der Waals surface area contributed by atoms with Crippen molar-refractivity contribution in [3.8, 4) is 0 Å². The Balaban J connectivity index is 2.25. The maximum atomic E-state index is 13.1. The zero-order chi connectivity index (χ0) is 14.0. The van der Waals surface area contributed by atoms with Crippen LogP contribution < -0.4 is 5.32 Å². The topological polar surface area (TPSA) is 42.0 Å². The van der Waals surface area contributed by atoms with E-state index in [4.69, 9.17) is 0 Å². The molecular formula is C13H9Br2FN2O. The van der Waals surface area contributed by atoms with Crippen molar-refractivity contribution in [3.05, 3.63) is 56.4 Å². The summed E-state index contributed by atoms with van der Waals surface area (Å²) in [5.74, 6) is -0.462. The van der Waals surface area contributed by atoms with Gasteiger partial charge in [-0.3, -0.25) is 4.79 Å². The molecule has 0 aliphatic carbocycles. The summed E-state index contributed by atoms with van der Waals surface area (Å²) in [5.41, 5.74) is 1.17. The molecule has 1 N–H and O–H groups in total. The third-order valence-corrected chi connectivity index (χ3v) is 3.98. The van der Waals surface area contributed by atoms with E-state index in [9.17, 15) is 9.18 Å². The highest BCUT2D eigenvalue weighted by atomic mass is 79.9. The standard InChI is InChI=1S/C13H9Br2FN2O/c1-7-4-12(17-6-11(7)15)18-13(19)9-5-8(16)2-3-10(9)14/h2-6H,1H3,(H,17,18,19). The Kier molecular flexibility index (Phi) is 4.31. The number of nitrogens with zero attached hydrogens (tertiary/aromatic N) is 1. The molecule has 2 rings (SSSR count). The van der Waals surface area contributed by atoms with Gasteiger partial charge in [0.1, 0.15) is 11.6 Å². The number of amides is 1. The molecule has 0 saturated heterocycles. The maximum Gasteiger partial charge on any atom is 0.258 e. The van der Waals surface area contributed by atoms with Gasteiger partial charge in [0.25, 0.3) is 5.91 Å². The van der Waals surface area contributed by atoms with Crippen molar-refractivity contribution in [2.24, 2.45) is 0 Å². The highest BCUT2D eigenvalue weighted by Gasteiger charge is 2.12. The van der Waals surface area contributed by atoms with Gasteiger partial charge in [0.05, 0.1) is 5.56 Å².